The van der Waals surface area contributed by atoms with Gasteiger partial charge in [-0.15, -0.1) is 0 Å². The zero-order chi connectivity index (χ0) is 14.3. The molecule has 0 spiro atoms. The van der Waals surface area contributed by atoms with Crippen molar-refractivity contribution < 1.29 is 19.7 Å². The Morgan fingerprint density at radius 3 is 2.75 bits per heavy atom. The Hall–Kier alpha value is -2.49. The van der Waals surface area contributed by atoms with Crippen molar-refractivity contribution in [3.63, 3.8) is 0 Å². The highest BCUT2D eigenvalue weighted by atomic mass is 16.5. The van der Waals surface area contributed by atoms with Crippen LogP contribution in [0.3, 0.4) is 0 Å². The minimum Gasteiger partial charge on any atom is -0.507 e. The Morgan fingerprint density at radius 1 is 1.25 bits per heavy atom. The fourth-order valence-electron chi connectivity index (χ4n) is 2.50. The molecule has 0 fully saturated rings. The van der Waals surface area contributed by atoms with Crippen LogP contribution < -0.4 is 4.74 Å². The summed E-state index contributed by atoms with van der Waals surface area (Å²) in [5.41, 5.74) is 2.66. The predicted octanol–water partition coefficient (Wildman–Crippen LogP) is 3.08. The number of ether oxygens (including phenoxy) is 1. The smallest absolute Gasteiger partial charge is 0.335 e. The molecule has 3 rings (SSSR count). The summed E-state index contributed by atoms with van der Waals surface area (Å²) in [4.78, 5) is 10.9. The lowest BCUT2D eigenvalue weighted by Gasteiger charge is -2.07. The molecule has 2 N–H and O–H groups in total. The molecule has 1 heterocycles. The van der Waals surface area contributed by atoms with Gasteiger partial charge in [0.2, 0.25) is 0 Å². The van der Waals surface area contributed by atoms with Crippen molar-refractivity contribution in [1.29, 1.82) is 0 Å². The number of phenolic OH excluding ortho intramolecular Hbond substituents is 1. The van der Waals surface area contributed by atoms with Gasteiger partial charge in [-0.2, -0.15) is 0 Å². The van der Waals surface area contributed by atoms with Gasteiger partial charge in [0, 0.05) is 12.0 Å². The Balaban J connectivity index is 2.02. The van der Waals surface area contributed by atoms with E-state index in [0.29, 0.717) is 5.56 Å². The molecule has 4 heteroatoms. The third-order valence-corrected chi connectivity index (χ3v) is 3.45. The van der Waals surface area contributed by atoms with E-state index in [1.165, 1.54) is 12.1 Å². The number of aromatic hydroxyl groups is 1. The van der Waals surface area contributed by atoms with Crippen LogP contribution >= 0.6 is 0 Å². The number of rotatable bonds is 2. The van der Waals surface area contributed by atoms with Gasteiger partial charge < -0.3 is 14.9 Å². The molecule has 0 bridgehead atoms. The minimum absolute atomic E-state index is 0.0307. The van der Waals surface area contributed by atoms with E-state index in [1.54, 1.807) is 6.07 Å². The molecular formula is C16H14O4. The van der Waals surface area contributed by atoms with E-state index >= 15 is 0 Å². The Labute approximate surface area is 116 Å². The van der Waals surface area contributed by atoms with Crippen LogP contribution in [0.1, 0.15) is 22.8 Å². The molecule has 102 valence electrons. The summed E-state index contributed by atoms with van der Waals surface area (Å²) >= 11 is 0. The lowest BCUT2D eigenvalue weighted by atomic mass is 9.99. The molecule has 20 heavy (non-hydrogen) atoms. The van der Waals surface area contributed by atoms with Gasteiger partial charge in [-0.3, -0.25) is 0 Å². The van der Waals surface area contributed by atoms with E-state index in [9.17, 15) is 9.90 Å². The molecule has 0 saturated carbocycles. The summed E-state index contributed by atoms with van der Waals surface area (Å²) < 4.78 is 5.64. The molecule has 4 nitrogen and oxygen atoms in total. The van der Waals surface area contributed by atoms with Crippen LogP contribution in [0.5, 0.6) is 11.5 Å². The standard InChI is InChI=1S/C16H14O4/c1-9-6-12-7-10(3-5-15(12)20-9)13-4-2-11(16(18)19)8-14(13)17/h2-5,7-9,17H,6H2,1H3,(H,18,19). The van der Waals surface area contributed by atoms with Gasteiger partial charge >= 0.3 is 5.97 Å². The first kappa shape index (κ1) is 12.5. The highest BCUT2D eigenvalue weighted by Crippen LogP contribution is 2.36. The van der Waals surface area contributed by atoms with Crippen molar-refractivity contribution in [2.45, 2.75) is 19.4 Å². The maximum Gasteiger partial charge on any atom is 0.335 e. The predicted molar refractivity (Wildman–Crippen MR) is 74.3 cm³/mol. The summed E-state index contributed by atoms with van der Waals surface area (Å²) in [7, 11) is 0. The van der Waals surface area contributed by atoms with Gasteiger partial charge in [-0.1, -0.05) is 6.07 Å². The van der Waals surface area contributed by atoms with Gasteiger partial charge in [0.15, 0.2) is 0 Å². The van der Waals surface area contributed by atoms with E-state index in [2.05, 4.69) is 0 Å². The first-order chi connectivity index (χ1) is 9.54. The molecule has 0 radical (unpaired) electrons. The maximum atomic E-state index is 10.9. The Kier molecular flexibility index (Phi) is 2.86. The average molecular weight is 270 g/mol. The van der Waals surface area contributed by atoms with E-state index in [-0.39, 0.29) is 17.4 Å². The number of phenols is 1. The molecule has 1 atom stereocenters. The van der Waals surface area contributed by atoms with Gasteiger partial charge in [0.1, 0.15) is 17.6 Å². The molecule has 0 saturated heterocycles. The molecule has 1 aliphatic heterocycles. The fraction of sp³-hybridized carbons (Fsp3) is 0.188. The topological polar surface area (TPSA) is 66.8 Å². The number of carboxylic acid groups (broad SMARTS) is 1. The minimum atomic E-state index is -1.05. The molecule has 1 aliphatic rings. The van der Waals surface area contributed by atoms with Crippen molar-refractivity contribution >= 4 is 5.97 Å². The molecule has 0 aromatic heterocycles. The monoisotopic (exact) mass is 270 g/mol. The Bertz CT molecular complexity index is 691. The number of hydrogen-bond acceptors (Lipinski definition) is 3. The maximum absolute atomic E-state index is 10.9. The number of hydrogen-bond donors (Lipinski definition) is 2. The largest absolute Gasteiger partial charge is 0.507 e. The van der Waals surface area contributed by atoms with Crippen LogP contribution in [0.15, 0.2) is 36.4 Å². The first-order valence-electron chi connectivity index (χ1n) is 6.41. The third-order valence-electron chi connectivity index (χ3n) is 3.45. The highest BCUT2D eigenvalue weighted by molar-refractivity contribution is 5.89. The molecular weight excluding hydrogens is 256 g/mol. The van der Waals surface area contributed by atoms with Crippen LogP contribution in [0.4, 0.5) is 0 Å². The summed E-state index contributed by atoms with van der Waals surface area (Å²) in [6.45, 7) is 2.01. The Morgan fingerprint density at radius 2 is 2.05 bits per heavy atom. The molecule has 0 amide bonds. The zero-order valence-electron chi connectivity index (χ0n) is 11.0. The molecule has 1 unspecified atom stereocenters. The van der Waals surface area contributed by atoms with Gasteiger partial charge in [0.05, 0.1) is 5.56 Å². The van der Waals surface area contributed by atoms with Crippen molar-refractivity contribution in [2.75, 3.05) is 0 Å². The average Bonchev–Trinajstić information content (AvgIpc) is 2.77. The third kappa shape index (κ3) is 2.09. The second-order valence-electron chi connectivity index (χ2n) is 4.99. The second kappa shape index (κ2) is 4.56. The number of aromatic carboxylic acids is 1. The van der Waals surface area contributed by atoms with Gasteiger partial charge in [0.25, 0.3) is 0 Å². The summed E-state index contributed by atoms with van der Waals surface area (Å²) in [5.74, 6) is -0.206. The van der Waals surface area contributed by atoms with Crippen LogP contribution in [0, 0.1) is 0 Å². The van der Waals surface area contributed by atoms with Crippen molar-refractivity contribution in [2.24, 2.45) is 0 Å². The van der Waals surface area contributed by atoms with Gasteiger partial charge in [-0.25, -0.2) is 4.79 Å². The molecule has 2 aromatic carbocycles. The number of carbonyl (C=O) groups is 1. The first-order valence-corrected chi connectivity index (χ1v) is 6.41. The van der Waals surface area contributed by atoms with Crippen molar-refractivity contribution in [1.82, 2.24) is 0 Å². The highest BCUT2D eigenvalue weighted by Gasteiger charge is 2.20. The van der Waals surface area contributed by atoms with E-state index in [1.807, 2.05) is 25.1 Å². The summed E-state index contributed by atoms with van der Waals surface area (Å²) in [5, 5.41) is 18.9. The lowest BCUT2D eigenvalue weighted by Crippen LogP contribution is -2.05. The fourth-order valence-corrected chi connectivity index (χ4v) is 2.50. The van der Waals surface area contributed by atoms with Crippen LogP contribution in [0.2, 0.25) is 0 Å². The van der Waals surface area contributed by atoms with Crippen LogP contribution in [-0.2, 0) is 6.42 Å². The van der Waals surface area contributed by atoms with Gasteiger partial charge in [-0.05, 0) is 48.4 Å². The number of fused-ring (bicyclic) bond motifs is 1. The van der Waals surface area contributed by atoms with Crippen LogP contribution in [-0.4, -0.2) is 22.3 Å². The van der Waals surface area contributed by atoms with E-state index in [4.69, 9.17) is 9.84 Å². The van der Waals surface area contributed by atoms with E-state index < -0.39 is 5.97 Å². The van der Waals surface area contributed by atoms with Crippen LogP contribution in [0.25, 0.3) is 11.1 Å². The number of benzene rings is 2. The lowest BCUT2D eigenvalue weighted by molar-refractivity contribution is 0.0696. The molecule has 0 aliphatic carbocycles. The summed E-state index contributed by atoms with van der Waals surface area (Å²) in [6.07, 6.45) is 1.01. The SMILES string of the molecule is CC1Cc2cc(-c3ccc(C(=O)O)cc3O)ccc2O1. The normalized spacial score (nSPS) is 16.6. The van der Waals surface area contributed by atoms with E-state index in [0.717, 1.165) is 23.3 Å². The van der Waals surface area contributed by atoms with Crippen molar-refractivity contribution in [3.05, 3.63) is 47.5 Å². The summed E-state index contributed by atoms with van der Waals surface area (Å²) in [6, 6.07) is 10.1. The number of carboxylic acids is 1. The quantitative estimate of drug-likeness (QED) is 0.880. The molecule has 2 aromatic rings. The second-order valence-corrected chi connectivity index (χ2v) is 4.99. The zero-order valence-corrected chi connectivity index (χ0v) is 11.0. The van der Waals surface area contributed by atoms with Crippen molar-refractivity contribution in [3.8, 4) is 22.6 Å².